The summed E-state index contributed by atoms with van der Waals surface area (Å²) in [5.41, 5.74) is 1.28. The summed E-state index contributed by atoms with van der Waals surface area (Å²) >= 11 is 9.52. The van der Waals surface area contributed by atoms with Crippen LogP contribution in [0.3, 0.4) is 0 Å². The van der Waals surface area contributed by atoms with Crippen LogP contribution >= 0.6 is 27.5 Å². The fourth-order valence-electron chi connectivity index (χ4n) is 2.74. The Morgan fingerprint density at radius 3 is 2.72 bits per heavy atom. The second-order valence-corrected chi connectivity index (χ2v) is 6.59. The van der Waals surface area contributed by atoms with E-state index >= 15 is 0 Å². The molecule has 0 aromatic heterocycles. The molecule has 0 heterocycles. The molecule has 1 aromatic carbocycles. The first-order valence-electron chi connectivity index (χ1n) is 6.84. The monoisotopic (exact) mass is 329 g/mol. The van der Waals surface area contributed by atoms with E-state index < -0.39 is 0 Å². The highest BCUT2D eigenvalue weighted by molar-refractivity contribution is 9.10. The Balaban J connectivity index is 1.86. The van der Waals surface area contributed by atoms with Crippen molar-refractivity contribution in [2.45, 2.75) is 51.6 Å². The summed E-state index contributed by atoms with van der Waals surface area (Å²) < 4.78 is 1.10. The maximum Gasteiger partial charge on any atom is 0.0417 e. The van der Waals surface area contributed by atoms with Crippen LogP contribution in [0, 0.1) is 5.92 Å². The lowest BCUT2D eigenvalue weighted by Crippen LogP contribution is -2.34. The molecule has 0 bridgehead atoms. The Hall–Kier alpha value is -0.0500. The van der Waals surface area contributed by atoms with Crippen molar-refractivity contribution in [3.63, 3.8) is 0 Å². The van der Waals surface area contributed by atoms with E-state index in [1.165, 1.54) is 37.7 Å². The molecule has 0 amide bonds. The largest absolute Gasteiger partial charge is 0.310 e. The molecule has 3 heteroatoms. The molecule has 1 nitrogen and oxygen atoms in total. The van der Waals surface area contributed by atoms with Crippen LogP contribution in [0.15, 0.2) is 22.7 Å². The van der Waals surface area contributed by atoms with Gasteiger partial charge >= 0.3 is 0 Å². The third-order valence-corrected chi connectivity index (χ3v) is 4.96. The summed E-state index contributed by atoms with van der Waals surface area (Å²) in [6, 6.07) is 6.61. The van der Waals surface area contributed by atoms with Gasteiger partial charge in [-0.1, -0.05) is 52.9 Å². The first-order chi connectivity index (χ1) is 8.66. The van der Waals surface area contributed by atoms with E-state index in [1.54, 1.807) is 0 Å². The highest BCUT2D eigenvalue weighted by atomic mass is 79.9. The number of benzene rings is 1. The van der Waals surface area contributed by atoms with Crippen LogP contribution in [0.4, 0.5) is 0 Å². The minimum atomic E-state index is 0.605. The molecule has 1 fully saturated rings. The fraction of sp³-hybridized carbons (Fsp3) is 0.600. The van der Waals surface area contributed by atoms with Gasteiger partial charge in [0.15, 0.2) is 0 Å². The first kappa shape index (κ1) is 14.4. The van der Waals surface area contributed by atoms with Gasteiger partial charge in [0.1, 0.15) is 0 Å². The van der Waals surface area contributed by atoms with E-state index in [1.807, 2.05) is 12.1 Å². The molecule has 1 aliphatic rings. The maximum absolute atomic E-state index is 5.95. The van der Waals surface area contributed by atoms with Gasteiger partial charge in [-0.15, -0.1) is 0 Å². The Morgan fingerprint density at radius 1 is 1.33 bits per heavy atom. The van der Waals surface area contributed by atoms with Crippen LogP contribution < -0.4 is 5.32 Å². The predicted molar refractivity (Wildman–Crippen MR) is 82.0 cm³/mol. The van der Waals surface area contributed by atoms with E-state index in [-0.39, 0.29) is 0 Å². The van der Waals surface area contributed by atoms with Gasteiger partial charge in [0.2, 0.25) is 0 Å². The van der Waals surface area contributed by atoms with Crippen molar-refractivity contribution in [1.29, 1.82) is 0 Å². The third-order valence-electron chi connectivity index (χ3n) is 3.99. The lowest BCUT2D eigenvalue weighted by Gasteiger charge is -2.28. The molecule has 100 valence electrons. The summed E-state index contributed by atoms with van der Waals surface area (Å²) in [6.45, 7) is 3.23. The van der Waals surface area contributed by atoms with E-state index in [4.69, 9.17) is 11.6 Å². The molecule has 18 heavy (non-hydrogen) atoms. The van der Waals surface area contributed by atoms with Gasteiger partial charge in [-0.05, 0) is 43.4 Å². The number of halogens is 2. The average molecular weight is 331 g/mol. The molecule has 1 aliphatic carbocycles. The third kappa shape index (κ3) is 3.97. The summed E-state index contributed by atoms with van der Waals surface area (Å²) in [5.74, 6) is 0.852. The second kappa shape index (κ2) is 6.93. The van der Waals surface area contributed by atoms with E-state index in [2.05, 4.69) is 34.2 Å². The van der Waals surface area contributed by atoms with Gasteiger partial charge in [0, 0.05) is 22.1 Å². The molecule has 1 N–H and O–H groups in total. The van der Waals surface area contributed by atoms with E-state index in [9.17, 15) is 0 Å². The van der Waals surface area contributed by atoms with Crippen LogP contribution in [0.5, 0.6) is 0 Å². The highest BCUT2D eigenvalue weighted by Gasteiger charge is 2.19. The normalized spacial score (nSPS) is 18.8. The summed E-state index contributed by atoms with van der Waals surface area (Å²) in [7, 11) is 0. The quantitative estimate of drug-likeness (QED) is 0.804. The van der Waals surface area contributed by atoms with Crippen LogP contribution in [0.1, 0.15) is 44.6 Å². The first-order valence-corrected chi connectivity index (χ1v) is 8.01. The van der Waals surface area contributed by atoms with Crippen molar-refractivity contribution >= 4 is 27.5 Å². The highest BCUT2D eigenvalue weighted by Crippen LogP contribution is 2.27. The molecular formula is C15H21BrClN. The predicted octanol–water partition coefficient (Wildman–Crippen LogP) is 5.16. The average Bonchev–Trinajstić information content (AvgIpc) is 2.38. The molecule has 0 aliphatic heterocycles. The Bertz CT molecular complexity index is 388. The smallest absolute Gasteiger partial charge is 0.0417 e. The van der Waals surface area contributed by atoms with Gasteiger partial charge in [0.05, 0.1) is 0 Å². The Morgan fingerprint density at radius 2 is 2.06 bits per heavy atom. The number of nitrogens with one attached hydrogen (secondary N) is 1. The SMILES string of the molecule is CC(NCc1ccc(Cl)cc1Br)C1CCCCC1. The molecule has 1 aromatic rings. The van der Waals surface area contributed by atoms with Crippen molar-refractivity contribution in [1.82, 2.24) is 5.32 Å². The topological polar surface area (TPSA) is 12.0 Å². The summed E-state index contributed by atoms with van der Waals surface area (Å²) in [4.78, 5) is 0. The lowest BCUT2D eigenvalue weighted by atomic mass is 9.84. The molecule has 1 atom stereocenters. The molecular weight excluding hydrogens is 310 g/mol. The van der Waals surface area contributed by atoms with Crippen LogP contribution in [-0.2, 0) is 6.54 Å². The molecule has 0 saturated heterocycles. The van der Waals surface area contributed by atoms with Crippen molar-refractivity contribution in [2.24, 2.45) is 5.92 Å². The molecule has 0 spiro atoms. The molecule has 0 radical (unpaired) electrons. The minimum absolute atomic E-state index is 0.605. The van der Waals surface area contributed by atoms with E-state index in [0.29, 0.717) is 6.04 Å². The van der Waals surface area contributed by atoms with Gasteiger partial charge < -0.3 is 5.32 Å². The van der Waals surface area contributed by atoms with Crippen molar-refractivity contribution < 1.29 is 0 Å². The van der Waals surface area contributed by atoms with Crippen molar-refractivity contribution in [2.75, 3.05) is 0 Å². The minimum Gasteiger partial charge on any atom is -0.310 e. The molecule has 1 unspecified atom stereocenters. The Kier molecular flexibility index (Phi) is 5.53. The van der Waals surface area contributed by atoms with Crippen LogP contribution in [0.25, 0.3) is 0 Å². The number of hydrogen-bond acceptors (Lipinski definition) is 1. The summed E-state index contributed by atoms with van der Waals surface area (Å²) in [5, 5.41) is 4.44. The lowest BCUT2D eigenvalue weighted by molar-refractivity contribution is 0.280. The van der Waals surface area contributed by atoms with Crippen molar-refractivity contribution in [3.8, 4) is 0 Å². The van der Waals surface area contributed by atoms with Gasteiger partial charge in [0.25, 0.3) is 0 Å². The fourth-order valence-corrected chi connectivity index (χ4v) is 3.56. The summed E-state index contributed by atoms with van der Waals surface area (Å²) in [6.07, 6.45) is 7.00. The van der Waals surface area contributed by atoms with E-state index in [0.717, 1.165) is 22.0 Å². The van der Waals surface area contributed by atoms with Crippen molar-refractivity contribution in [3.05, 3.63) is 33.3 Å². The number of rotatable bonds is 4. The second-order valence-electron chi connectivity index (χ2n) is 5.30. The Labute approximate surface area is 123 Å². The van der Waals surface area contributed by atoms with Gasteiger partial charge in [-0.2, -0.15) is 0 Å². The zero-order valence-corrected chi connectivity index (χ0v) is 13.2. The van der Waals surface area contributed by atoms with Crippen LogP contribution in [0.2, 0.25) is 5.02 Å². The zero-order valence-electron chi connectivity index (χ0n) is 10.9. The van der Waals surface area contributed by atoms with Gasteiger partial charge in [-0.3, -0.25) is 0 Å². The molecule has 2 rings (SSSR count). The maximum atomic E-state index is 5.95. The number of hydrogen-bond donors (Lipinski definition) is 1. The van der Waals surface area contributed by atoms with Crippen LogP contribution in [-0.4, -0.2) is 6.04 Å². The molecule has 1 saturated carbocycles. The van der Waals surface area contributed by atoms with Gasteiger partial charge in [-0.25, -0.2) is 0 Å². The zero-order chi connectivity index (χ0) is 13.0. The standard InChI is InChI=1S/C15H21BrClN/c1-11(12-5-3-2-4-6-12)18-10-13-7-8-14(17)9-15(13)16/h7-9,11-12,18H,2-6,10H2,1H3.